The van der Waals surface area contributed by atoms with Crippen LogP contribution >= 0.6 is 0 Å². The lowest BCUT2D eigenvalue weighted by Gasteiger charge is -2.08. The molecule has 0 spiro atoms. The number of hydrogen-bond donors (Lipinski definition) is 1. The van der Waals surface area contributed by atoms with Crippen molar-refractivity contribution >= 4 is 16.6 Å². The minimum atomic E-state index is 0.590. The maximum atomic E-state index is 5.84. The molecule has 0 aliphatic carbocycles. The highest BCUT2D eigenvalue weighted by Crippen LogP contribution is 2.25. The van der Waals surface area contributed by atoms with Crippen LogP contribution in [0.3, 0.4) is 0 Å². The van der Waals surface area contributed by atoms with E-state index in [-0.39, 0.29) is 0 Å². The predicted molar refractivity (Wildman–Crippen MR) is 82.1 cm³/mol. The molecule has 20 heavy (non-hydrogen) atoms. The van der Waals surface area contributed by atoms with E-state index in [0.717, 1.165) is 22.3 Å². The summed E-state index contributed by atoms with van der Waals surface area (Å²) in [5.41, 5.74) is 9.72. The largest absolute Gasteiger partial charge is 0.439 e. The molecule has 0 amide bonds. The summed E-state index contributed by atoms with van der Waals surface area (Å²) in [6.45, 7) is 4.10. The van der Waals surface area contributed by atoms with E-state index in [1.807, 2.05) is 42.5 Å². The van der Waals surface area contributed by atoms with Crippen LogP contribution in [0.2, 0.25) is 0 Å². The number of benzene rings is 2. The lowest BCUT2D eigenvalue weighted by molar-refractivity contribution is 0.464. The number of pyridine rings is 1. The molecule has 0 aliphatic rings. The first-order valence-corrected chi connectivity index (χ1v) is 6.52. The second-order valence-corrected chi connectivity index (χ2v) is 5.03. The van der Waals surface area contributed by atoms with Crippen LogP contribution in [0, 0.1) is 13.8 Å². The number of ether oxygens (including phenoxy) is 1. The number of anilines is 1. The van der Waals surface area contributed by atoms with Crippen LogP contribution in [0.15, 0.2) is 48.5 Å². The Labute approximate surface area is 118 Å². The third-order valence-electron chi connectivity index (χ3n) is 3.11. The monoisotopic (exact) mass is 264 g/mol. The molecule has 3 nitrogen and oxygen atoms in total. The zero-order valence-corrected chi connectivity index (χ0v) is 11.6. The molecule has 0 radical (unpaired) electrons. The molecule has 0 unspecified atom stereocenters. The Bertz CT molecular complexity index is 761. The first-order chi connectivity index (χ1) is 9.60. The molecule has 3 rings (SSSR count). The van der Waals surface area contributed by atoms with Gasteiger partial charge in [-0.2, -0.15) is 0 Å². The summed E-state index contributed by atoms with van der Waals surface area (Å²) >= 11 is 0. The van der Waals surface area contributed by atoms with Crippen molar-refractivity contribution in [1.82, 2.24) is 4.98 Å². The summed E-state index contributed by atoms with van der Waals surface area (Å²) in [5, 5.41) is 1.01. The molecule has 3 heteroatoms. The van der Waals surface area contributed by atoms with Crippen LogP contribution in [0.25, 0.3) is 10.9 Å². The summed E-state index contributed by atoms with van der Waals surface area (Å²) in [7, 11) is 0. The second kappa shape index (κ2) is 4.85. The van der Waals surface area contributed by atoms with E-state index in [1.54, 1.807) is 0 Å². The Hall–Kier alpha value is -2.55. The smallest absolute Gasteiger partial charge is 0.219 e. The summed E-state index contributed by atoms with van der Waals surface area (Å²) in [4.78, 5) is 4.49. The summed E-state index contributed by atoms with van der Waals surface area (Å²) in [6.07, 6.45) is 0. The van der Waals surface area contributed by atoms with Gasteiger partial charge in [-0.15, -0.1) is 0 Å². The zero-order chi connectivity index (χ0) is 14.1. The Morgan fingerprint density at radius 1 is 0.900 bits per heavy atom. The quantitative estimate of drug-likeness (QED) is 0.705. The minimum absolute atomic E-state index is 0.590. The van der Waals surface area contributed by atoms with Crippen LogP contribution in [0.5, 0.6) is 11.6 Å². The molecule has 0 atom stereocenters. The fourth-order valence-electron chi connectivity index (χ4n) is 2.29. The van der Waals surface area contributed by atoms with Crippen molar-refractivity contribution in [2.75, 3.05) is 5.73 Å². The third-order valence-corrected chi connectivity index (χ3v) is 3.11. The maximum absolute atomic E-state index is 5.84. The third kappa shape index (κ3) is 2.57. The van der Waals surface area contributed by atoms with Crippen molar-refractivity contribution in [3.8, 4) is 11.6 Å². The van der Waals surface area contributed by atoms with E-state index >= 15 is 0 Å². The normalized spacial score (nSPS) is 10.7. The van der Waals surface area contributed by atoms with Gasteiger partial charge >= 0.3 is 0 Å². The molecule has 0 aliphatic heterocycles. The Balaban J connectivity index is 1.96. The molecule has 3 aromatic rings. The number of nitrogens with zero attached hydrogens (tertiary/aromatic N) is 1. The van der Waals surface area contributed by atoms with Gasteiger partial charge in [0.2, 0.25) is 5.88 Å². The van der Waals surface area contributed by atoms with Crippen LogP contribution in [0.4, 0.5) is 5.69 Å². The second-order valence-electron chi connectivity index (χ2n) is 5.03. The SMILES string of the molecule is Cc1cc(C)cc(Oc2ccc3cc(N)ccc3n2)c1. The number of aromatic nitrogens is 1. The van der Waals surface area contributed by atoms with E-state index in [0.29, 0.717) is 5.88 Å². The number of nitrogen functional groups attached to an aromatic ring is 1. The molecule has 0 saturated heterocycles. The van der Waals surface area contributed by atoms with Crippen molar-refractivity contribution in [3.63, 3.8) is 0 Å². The van der Waals surface area contributed by atoms with Crippen molar-refractivity contribution in [3.05, 3.63) is 59.7 Å². The Morgan fingerprint density at radius 3 is 2.40 bits per heavy atom. The highest BCUT2D eigenvalue weighted by molar-refractivity contribution is 5.82. The van der Waals surface area contributed by atoms with Crippen molar-refractivity contribution in [2.45, 2.75) is 13.8 Å². The standard InChI is InChI=1S/C17H16N2O/c1-11-7-12(2)9-15(8-11)20-17-6-3-13-10-14(18)4-5-16(13)19-17/h3-10H,18H2,1-2H3. The summed E-state index contributed by atoms with van der Waals surface area (Å²) in [5.74, 6) is 1.40. The van der Waals surface area contributed by atoms with Gasteiger partial charge in [0.15, 0.2) is 0 Å². The molecule has 2 aromatic carbocycles. The first kappa shape index (κ1) is 12.5. The van der Waals surface area contributed by atoms with Gasteiger partial charge in [0, 0.05) is 17.1 Å². The first-order valence-electron chi connectivity index (χ1n) is 6.52. The predicted octanol–water partition coefficient (Wildman–Crippen LogP) is 4.23. The van der Waals surface area contributed by atoms with E-state index in [2.05, 4.69) is 24.9 Å². The Morgan fingerprint density at radius 2 is 1.65 bits per heavy atom. The van der Waals surface area contributed by atoms with E-state index in [1.165, 1.54) is 11.1 Å². The lowest BCUT2D eigenvalue weighted by Crippen LogP contribution is -1.91. The number of fused-ring (bicyclic) bond motifs is 1. The van der Waals surface area contributed by atoms with Gasteiger partial charge in [0.05, 0.1) is 5.52 Å². The number of rotatable bonds is 2. The molecule has 2 N–H and O–H groups in total. The number of aryl methyl sites for hydroxylation is 2. The van der Waals surface area contributed by atoms with Crippen molar-refractivity contribution in [1.29, 1.82) is 0 Å². The molecular formula is C17H16N2O. The van der Waals surface area contributed by atoms with Gasteiger partial charge < -0.3 is 10.5 Å². The maximum Gasteiger partial charge on any atom is 0.219 e. The van der Waals surface area contributed by atoms with Gasteiger partial charge in [-0.1, -0.05) is 6.07 Å². The topological polar surface area (TPSA) is 48.1 Å². The molecule has 0 fully saturated rings. The van der Waals surface area contributed by atoms with Crippen LogP contribution < -0.4 is 10.5 Å². The van der Waals surface area contributed by atoms with E-state index in [9.17, 15) is 0 Å². The van der Waals surface area contributed by atoms with Gasteiger partial charge in [0.25, 0.3) is 0 Å². The fraction of sp³-hybridized carbons (Fsp3) is 0.118. The molecular weight excluding hydrogens is 248 g/mol. The highest BCUT2D eigenvalue weighted by atomic mass is 16.5. The molecule has 0 saturated carbocycles. The van der Waals surface area contributed by atoms with Gasteiger partial charge in [-0.05, 0) is 61.4 Å². The van der Waals surface area contributed by atoms with Gasteiger partial charge in [-0.25, -0.2) is 4.98 Å². The highest BCUT2D eigenvalue weighted by Gasteiger charge is 2.03. The van der Waals surface area contributed by atoms with Crippen molar-refractivity contribution in [2.24, 2.45) is 0 Å². The molecule has 1 heterocycles. The molecule has 1 aromatic heterocycles. The average Bonchev–Trinajstić information content (AvgIpc) is 2.38. The van der Waals surface area contributed by atoms with Crippen LogP contribution in [-0.4, -0.2) is 4.98 Å². The van der Waals surface area contributed by atoms with Gasteiger partial charge in [0.1, 0.15) is 5.75 Å². The average molecular weight is 264 g/mol. The fourth-order valence-corrected chi connectivity index (χ4v) is 2.29. The van der Waals surface area contributed by atoms with Gasteiger partial charge in [-0.3, -0.25) is 0 Å². The molecule has 100 valence electrons. The molecule has 0 bridgehead atoms. The van der Waals surface area contributed by atoms with Crippen LogP contribution in [0.1, 0.15) is 11.1 Å². The number of nitrogens with two attached hydrogens (primary N) is 1. The summed E-state index contributed by atoms with van der Waals surface area (Å²) < 4.78 is 5.84. The van der Waals surface area contributed by atoms with Crippen molar-refractivity contribution < 1.29 is 4.74 Å². The minimum Gasteiger partial charge on any atom is -0.439 e. The van der Waals surface area contributed by atoms with E-state index < -0.39 is 0 Å². The lowest BCUT2D eigenvalue weighted by atomic mass is 10.1. The summed E-state index contributed by atoms with van der Waals surface area (Å²) in [6, 6.07) is 15.6. The number of hydrogen-bond acceptors (Lipinski definition) is 3. The van der Waals surface area contributed by atoms with E-state index in [4.69, 9.17) is 10.5 Å². The van der Waals surface area contributed by atoms with Crippen LogP contribution in [-0.2, 0) is 0 Å². The Kier molecular flexibility index (Phi) is 3.03. The zero-order valence-electron chi connectivity index (χ0n) is 11.6.